The van der Waals surface area contributed by atoms with Gasteiger partial charge in [-0.2, -0.15) is 18.2 Å². The summed E-state index contributed by atoms with van der Waals surface area (Å²) in [6.45, 7) is 0.865. The molecule has 1 aliphatic rings. The first kappa shape index (κ1) is 21.2. The van der Waals surface area contributed by atoms with Crippen molar-refractivity contribution in [1.29, 1.82) is 0 Å². The third-order valence-electron chi connectivity index (χ3n) is 5.32. The van der Waals surface area contributed by atoms with Gasteiger partial charge in [-0.25, -0.2) is 4.39 Å². The topological polar surface area (TPSA) is 76.3 Å². The second-order valence-corrected chi connectivity index (χ2v) is 8.19. The smallest absolute Gasteiger partial charge is 0.348 e. The summed E-state index contributed by atoms with van der Waals surface area (Å²) in [6, 6.07) is 7.53. The monoisotopic (exact) mass is 453 g/mol. The van der Waals surface area contributed by atoms with Crippen LogP contribution in [0.4, 0.5) is 28.4 Å². The number of hydrogen-bond acceptors (Lipinski definition) is 6. The highest BCUT2D eigenvalue weighted by atomic mass is 32.1. The van der Waals surface area contributed by atoms with Gasteiger partial charge in [-0.05, 0) is 36.5 Å². The Bertz CT molecular complexity index is 1220. The van der Waals surface area contributed by atoms with Crippen LogP contribution in [0.1, 0.15) is 29.9 Å². The number of alkyl halides is 3. The maximum Gasteiger partial charge on any atom is 0.416 e. The molecule has 0 unspecified atom stereocenters. The van der Waals surface area contributed by atoms with E-state index in [0.717, 1.165) is 11.3 Å². The summed E-state index contributed by atoms with van der Waals surface area (Å²) in [6.07, 6.45) is -3.67. The Morgan fingerprint density at radius 1 is 1.16 bits per heavy atom. The molecule has 0 amide bonds. The maximum absolute atomic E-state index is 14.0. The van der Waals surface area contributed by atoms with Crippen LogP contribution in [0.5, 0.6) is 0 Å². The minimum atomic E-state index is -4.83. The second-order valence-electron chi connectivity index (χ2n) is 7.21. The van der Waals surface area contributed by atoms with Gasteiger partial charge in [0.15, 0.2) is 5.13 Å². The van der Waals surface area contributed by atoms with Crippen molar-refractivity contribution in [3.05, 3.63) is 73.8 Å². The Labute approximate surface area is 176 Å². The molecule has 3 aromatic rings. The first-order valence-corrected chi connectivity index (χ1v) is 10.2. The van der Waals surface area contributed by atoms with Crippen molar-refractivity contribution < 1.29 is 22.5 Å². The van der Waals surface area contributed by atoms with Gasteiger partial charge in [0.1, 0.15) is 10.5 Å². The molecule has 31 heavy (non-hydrogen) atoms. The number of non-ortho nitro benzene ring substituents is 1. The normalized spacial score (nSPS) is 15.4. The number of nitro groups is 1. The standard InChI is InChI=1S/C20H15F4N3O3S/c21-15-4-2-1-3-13(15)11-5-7-26(8-6-11)19-25-18(28)14-9-12(20(22,23)24)10-16(27(29)30)17(14)31-19/h1-4,9-11H,5-8H2. The van der Waals surface area contributed by atoms with Crippen molar-refractivity contribution in [2.75, 3.05) is 18.0 Å². The largest absolute Gasteiger partial charge is 0.416 e. The van der Waals surface area contributed by atoms with E-state index in [1.54, 1.807) is 23.1 Å². The molecule has 0 N–H and O–H groups in total. The number of nitrogens with zero attached hydrogens (tertiary/aromatic N) is 3. The highest BCUT2D eigenvalue weighted by molar-refractivity contribution is 7.22. The molecule has 0 bridgehead atoms. The number of hydrogen-bond donors (Lipinski definition) is 0. The molecule has 11 heteroatoms. The molecule has 1 fully saturated rings. The van der Waals surface area contributed by atoms with E-state index >= 15 is 0 Å². The molecule has 0 atom stereocenters. The van der Waals surface area contributed by atoms with E-state index < -0.39 is 33.3 Å². The maximum atomic E-state index is 14.0. The number of halogens is 4. The Morgan fingerprint density at radius 3 is 2.45 bits per heavy atom. The fraction of sp³-hybridized carbons (Fsp3) is 0.300. The molecule has 0 spiro atoms. The molecule has 1 aromatic heterocycles. The number of rotatable bonds is 3. The van der Waals surface area contributed by atoms with Crippen LogP contribution in [-0.4, -0.2) is 23.0 Å². The van der Waals surface area contributed by atoms with Crippen LogP contribution in [-0.2, 0) is 6.18 Å². The summed E-state index contributed by atoms with van der Waals surface area (Å²) >= 11 is 0.814. The quantitative estimate of drug-likeness (QED) is 0.313. The zero-order valence-electron chi connectivity index (χ0n) is 15.9. The summed E-state index contributed by atoms with van der Waals surface area (Å²) in [5, 5.41) is 11.2. The third kappa shape index (κ3) is 4.09. The van der Waals surface area contributed by atoms with Gasteiger partial charge in [0, 0.05) is 19.2 Å². The average molecular weight is 453 g/mol. The summed E-state index contributed by atoms with van der Waals surface area (Å²) in [5.74, 6) is -0.302. The molecule has 2 aromatic carbocycles. The summed E-state index contributed by atoms with van der Waals surface area (Å²) in [5.41, 5.74) is -2.39. The SMILES string of the molecule is O=c1nc(N2CCC(c3ccccc3F)CC2)sc2c([N+](=O)[O-])cc(C(F)(F)F)cc12. The predicted octanol–water partition coefficient (Wildman–Crippen LogP) is 5.11. The van der Waals surface area contributed by atoms with Crippen LogP contribution in [0.3, 0.4) is 0 Å². The molecule has 0 saturated carbocycles. The number of fused-ring (bicyclic) bond motifs is 1. The highest BCUT2D eigenvalue weighted by Gasteiger charge is 2.34. The molecule has 4 rings (SSSR count). The lowest BCUT2D eigenvalue weighted by molar-refractivity contribution is -0.383. The number of aromatic nitrogens is 1. The van der Waals surface area contributed by atoms with E-state index in [0.29, 0.717) is 43.6 Å². The third-order valence-corrected chi connectivity index (χ3v) is 6.49. The van der Waals surface area contributed by atoms with Gasteiger partial charge in [0.05, 0.1) is 15.9 Å². The highest BCUT2D eigenvalue weighted by Crippen LogP contribution is 2.39. The lowest BCUT2D eigenvalue weighted by Crippen LogP contribution is -2.34. The Kier molecular flexibility index (Phi) is 5.38. The van der Waals surface area contributed by atoms with Gasteiger partial charge >= 0.3 is 6.18 Å². The van der Waals surface area contributed by atoms with Crippen molar-refractivity contribution in [2.24, 2.45) is 0 Å². The van der Waals surface area contributed by atoms with Crippen LogP contribution >= 0.6 is 11.3 Å². The van der Waals surface area contributed by atoms with Gasteiger partial charge in [-0.3, -0.25) is 14.9 Å². The van der Waals surface area contributed by atoms with Gasteiger partial charge in [0.2, 0.25) is 0 Å². The van der Waals surface area contributed by atoms with Crippen molar-refractivity contribution in [3.63, 3.8) is 0 Å². The zero-order chi connectivity index (χ0) is 22.3. The van der Waals surface area contributed by atoms with Gasteiger partial charge in [-0.15, -0.1) is 0 Å². The molecule has 0 radical (unpaired) electrons. The molecule has 2 heterocycles. The Balaban J connectivity index is 1.68. The van der Waals surface area contributed by atoms with Crippen molar-refractivity contribution in [1.82, 2.24) is 4.98 Å². The molecule has 0 aliphatic carbocycles. The van der Waals surface area contributed by atoms with Gasteiger partial charge in [-0.1, -0.05) is 29.5 Å². The summed E-state index contributed by atoms with van der Waals surface area (Å²) < 4.78 is 53.2. The molecule has 1 aliphatic heterocycles. The van der Waals surface area contributed by atoms with Crippen molar-refractivity contribution >= 4 is 32.2 Å². The van der Waals surface area contributed by atoms with Crippen LogP contribution in [0.25, 0.3) is 10.1 Å². The molecule has 162 valence electrons. The first-order chi connectivity index (χ1) is 14.6. The van der Waals surface area contributed by atoms with Gasteiger partial charge in [0.25, 0.3) is 11.2 Å². The van der Waals surface area contributed by atoms with Crippen molar-refractivity contribution in [3.8, 4) is 0 Å². The van der Waals surface area contributed by atoms with E-state index in [2.05, 4.69) is 4.98 Å². The second kappa shape index (κ2) is 7.88. The zero-order valence-corrected chi connectivity index (χ0v) is 16.7. The van der Waals surface area contributed by atoms with E-state index in [9.17, 15) is 32.5 Å². The fourth-order valence-electron chi connectivity index (χ4n) is 3.76. The molecule has 1 saturated heterocycles. The van der Waals surface area contributed by atoms with Crippen LogP contribution < -0.4 is 10.5 Å². The first-order valence-electron chi connectivity index (χ1n) is 9.35. The lowest BCUT2D eigenvalue weighted by Gasteiger charge is -2.32. The van der Waals surface area contributed by atoms with E-state index in [-0.39, 0.29) is 21.6 Å². The van der Waals surface area contributed by atoms with E-state index in [1.165, 1.54) is 6.07 Å². The number of piperidine rings is 1. The number of anilines is 1. The Hall–Kier alpha value is -3.08. The average Bonchev–Trinajstić information content (AvgIpc) is 2.72. The van der Waals surface area contributed by atoms with Crippen LogP contribution in [0.2, 0.25) is 0 Å². The minimum Gasteiger partial charge on any atom is -0.348 e. The van der Waals surface area contributed by atoms with Gasteiger partial charge < -0.3 is 4.90 Å². The fourth-order valence-corrected chi connectivity index (χ4v) is 4.88. The summed E-state index contributed by atoms with van der Waals surface area (Å²) in [7, 11) is 0. The van der Waals surface area contributed by atoms with E-state index in [4.69, 9.17) is 0 Å². The molecular weight excluding hydrogens is 438 g/mol. The lowest BCUT2D eigenvalue weighted by atomic mass is 9.89. The number of benzene rings is 2. The van der Waals surface area contributed by atoms with Crippen molar-refractivity contribution in [2.45, 2.75) is 24.9 Å². The molecule has 6 nitrogen and oxygen atoms in total. The minimum absolute atomic E-state index is 0.0155. The molecular formula is C20H15F4N3O3S. The number of nitro benzene ring substituents is 1. The van der Waals surface area contributed by atoms with Crippen LogP contribution in [0.15, 0.2) is 41.2 Å². The van der Waals surface area contributed by atoms with Crippen LogP contribution in [0, 0.1) is 15.9 Å². The summed E-state index contributed by atoms with van der Waals surface area (Å²) in [4.78, 5) is 28.6. The Morgan fingerprint density at radius 2 is 1.84 bits per heavy atom. The van der Waals surface area contributed by atoms with E-state index in [1.807, 2.05) is 0 Å². The predicted molar refractivity (Wildman–Crippen MR) is 108 cm³/mol.